The van der Waals surface area contributed by atoms with Crippen LogP contribution in [-0.4, -0.2) is 62.2 Å². The largest absolute Gasteiger partial charge is 0.395 e. The molecule has 0 atom stereocenters. The third kappa shape index (κ3) is 4.83. The van der Waals surface area contributed by atoms with Gasteiger partial charge in [0.05, 0.1) is 18.6 Å². The first-order valence-corrected chi connectivity index (χ1v) is 8.88. The molecular weight excluding hydrogens is 358 g/mol. The second kappa shape index (κ2) is 8.96. The van der Waals surface area contributed by atoms with Gasteiger partial charge in [-0.05, 0) is 12.1 Å². The van der Waals surface area contributed by atoms with Crippen LogP contribution in [0.1, 0.15) is 10.4 Å². The highest BCUT2D eigenvalue weighted by molar-refractivity contribution is 5.95. The molecule has 2 aromatic heterocycles. The topological polar surface area (TPSA) is 122 Å². The highest BCUT2D eigenvalue weighted by Crippen LogP contribution is 2.22. The second-order valence-corrected chi connectivity index (χ2v) is 6.26. The van der Waals surface area contributed by atoms with Gasteiger partial charge in [0.15, 0.2) is 0 Å². The molecule has 0 saturated heterocycles. The molecule has 3 rings (SSSR count). The van der Waals surface area contributed by atoms with E-state index < -0.39 is 0 Å². The second-order valence-electron chi connectivity index (χ2n) is 6.26. The number of benzene rings is 1. The summed E-state index contributed by atoms with van der Waals surface area (Å²) < 4.78 is 1.92. The lowest BCUT2D eigenvalue weighted by molar-refractivity contribution is 0.0790. The third-order valence-electron chi connectivity index (χ3n) is 4.17. The van der Waals surface area contributed by atoms with Crippen molar-refractivity contribution >= 4 is 17.7 Å². The Hall–Kier alpha value is -3.46. The summed E-state index contributed by atoms with van der Waals surface area (Å²) in [6, 6.07) is 8.96. The predicted octanol–water partition coefficient (Wildman–Crippen LogP) is 1.10. The fraction of sp³-hybridized carbons (Fsp3) is 0.263. The molecular formula is C19H23N7O2. The Bertz CT molecular complexity index is 928. The van der Waals surface area contributed by atoms with E-state index in [1.54, 1.807) is 42.7 Å². The smallest absolute Gasteiger partial charge is 0.253 e. The van der Waals surface area contributed by atoms with E-state index in [4.69, 9.17) is 10.8 Å². The molecule has 0 spiro atoms. The Morgan fingerprint density at radius 3 is 2.93 bits per heavy atom. The van der Waals surface area contributed by atoms with Gasteiger partial charge >= 0.3 is 0 Å². The lowest BCUT2D eigenvalue weighted by Gasteiger charge is -2.18. The number of aromatic nitrogens is 4. The number of hydrogen-bond acceptors (Lipinski definition) is 7. The number of imidazole rings is 1. The van der Waals surface area contributed by atoms with Crippen molar-refractivity contribution in [1.29, 1.82) is 0 Å². The van der Waals surface area contributed by atoms with Crippen LogP contribution in [-0.2, 0) is 6.54 Å². The van der Waals surface area contributed by atoms with Crippen LogP contribution in [0.25, 0.3) is 11.3 Å². The average molecular weight is 381 g/mol. The van der Waals surface area contributed by atoms with Crippen LogP contribution >= 0.6 is 0 Å². The van der Waals surface area contributed by atoms with Crippen molar-refractivity contribution < 1.29 is 9.90 Å². The summed E-state index contributed by atoms with van der Waals surface area (Å²) >= 11 is 0. The Balaban J connectivity index is 1.76. The number of nitrogens with one attached hydrogen (secondary N) is 1. The zero-order valence-corrected chi connectivity index (χ0v) is 15.6. The van der Waals surface area contributed by atoms with Gasteiger partial charge in [0, 0.05) is 56.3 Å². The average Bonchev–Trinajstić information content (AvgIpc) is 3.23. The fourth-order valence-corrected chi connectivity index (χ4v) is 2.71. The maximum absolute atomic E-state index is 12.8. The first kappa shape index (κ1) is 19.3. The molecule has 146 valence electrons. The van der Waals surface area contributed by atoms with Crippen molar-refractivity contribution in [3.05, 3.63) is 54.6 Å². The van der Waals surface area contributed by atoms with E-state index >= 15 is 0 Å². The molecule has 0 unspecified atom stereocenters. The lowest BCUT2D eigenvalue weighted by Crippen LogP contribution is -2.29. The Morgan fingerprint density at radius 2 is 2.18 bits per heavy atom. The number of nitrogen functional groups attached to an aromatic ring is 1. The number of amides is 1. The van der Waals surface area contributed by atoms with Gasteiger partial charge in [-0.25, -0.2) is 9.97 Å². The molecule has 2 heterocycles. The summed E-state index contributed by atoms with van der Waals surface area (Å²) in [5, 5.41) is 11.9. The van der Waals surface area contributed by atoms with Crippen LogP contribution in [0.2, 0.25) is 0 Å². The van der Waals surface area contributed by atoms with E-state index in [1.165, 1.54) is 0 Å². The van der Waals surface area contributed by atoms with Crippen LogP contribution in [0.15, 0.2) is 49.1 Å². The third-order valence-corrected chi connectivity index (χ3v) is 4.17. The van der Waals surface area contributed by atoms with Crippen molar-refractivity contribution in [3.8, 4) is 11.3 Å². The van der Waals surface area contributed by atoms with Crippen molar-refractivity contribution in [2.45, 2.75) is 6.54 Å². The highest BCUT2D eigenvalue weighted by atomic mass is 16.3. The highest BCUT2D eigenvalue weighted by Gasteiger charge is 2.13. The van der Waals surface area contributed by atoms with Gasteiger partial charge < -0.3 is 25.6 Å². The number of carbonyl (C=O) groups is 1. The number of nitrogens with zero attached hydrogens (tertiary/aromatic N) is 5. The number of aliphatic hydroxyl groups excluding tert-OH is 1. The lowest BCUT2D eigenvalue weighted by atomic mass is 10.1. The van der Waals surface area contributed by atoms with Crippen LogP contribution in [0.3, 0.4) is 0 Å². The fourth-order valence-electron chi connectivity index (χ4n) is 2.71. The van der Waals surface area contributed by atoms with E-state index in [-0.39, 0.29) is 18.5 Å². The molecule has 0 aliphatic heterocycles. The molecule has 0 aliphatic rings. The van der Waals surface area contributed by atoms with E-state index in [0.717, 1.165) is 5.56 Å². The standard InChI is InChI=1S/C19H23N7O2/c1-25(8-9-26-7-5-21-13-26)18(28)15-4-2-3-14(11-15)16-12-17(22-6-10-27)24-19(20)23-16/h2-5,7,11-13,27H,6,8-10H2,1H3,(H3,20,22,23,24). The summed E-state index contributed by atoms with van der Waals surface area (Å²) in [6.45, 7) is 1.57. The number of aliphatic hydroxyl groups is 1. The SMILES string of the molecule is CN(CCn1ccnc1)C(=O)c1cccc(-c2cc(NCCO)nc(N)n2)c1. The van der Waals surface area contributed by atoms with Gasteiger partial charge in [-0.15, -0.1) is 0 Å². The van der Waals surface area contributed by atoms with Crippen LogP contribution < -0.4 is 11.1 Å². The van der Waals surface area contributed by atoms with Crippen LogP contribution in [0.5, 0.6) is 0 Å². The van der Waals surface area contributed by atoms with Gasteiger partial charge in [-0.2, -0.15) is 4.98 Å². The van der Waals surface area contributed by atoms with E-state index in [9.17, 15) is 4.79 Å². The zero-order chi connectivity index (χ0) is 19.9. The summed E-state index contributed by atoms with van der Waals surface area (Å²) in [5.74, 6) is 0.556. The van der Waals surface area contributed by atoms with Crippen molar-refractivity contribution in [3.63, 3.8) is 0 Å². The minimum atomic E-state index is -0.0809. The normalized spacial score (nSPS) is 10.6. The number of rotatable bonds is 8. The number of hydrogen-bond donors (Lipinski definition) is 3. The molecule has 4 N–H and O–H groups in total. The molecule has 9 heteroatoms. The monoisotopic (exact) mass is 381 g/mol. The predicted molar refractivity (Wildman–Crippen MR) is 107 cm³/mol. The minimum absolute atomic E-state index is 0.0192. The maximum atomic E-state index is 12.8. The Kier molecular flexibility index (Phi) is 6.18. The summed E-state index contributed by atoms with van der Waals surface area (Å²) in [7, 11) is 1.77. The summed E-state index contributed by atoms with van der Waals surface area (Å²) in [5.41, 5.74) is 7.72. The number of nitrogens with two attached hydrogens (primary N) is 1. The van der Waals surface area contributed by atoms with Gasteiger partial charge in [-0.3, -0.25) is 4.79 Å². The molecule has 9 nitrogen and oxygen atoms in total. The van der Waals surface area contributed by atoms with Gasteiger partial charge in [0.1, 0.15) is 5.82 Å². The minimum Gasteiger partial charge on any atom is -0.395 e. The number of carbonyl (C=O) groups excluding carboxylic acids is 1. The first-order chi connectivity index (χ1) is 13.6. The Labute approximate surface area is 162 Å². The number of anilines is 2. The van der Waals surface area contributed by atoms with E-state index in [0.29, 0.717) is 36.7 Å². The van der Waals surface area contributed by atoms with Crippen LogP contribution in [0.4, 0.5) is 11.8 Å². The summed E-state index contributed by atoms with van der Waals surface area (Å²) in [4.78, 5) is 26.8. The molecule has 0 saturated carbocycles. The van der Waals surface area contributed by atoms with E-state index in [1.807, 2.05) is 22.9 Å². The molecule has 0 fully saturated rings. The zero-order valence-electron chi connectivity index (χ0n) is 15.6. The molecule has 28 heavy (non-hydrogen) atoms. The Morgan fingerprint density at radius 1 is 1.32 bits per heavy atom. The van der Waals surface area contributed by atoms with Gasteiger partial charge in [-0.1, -0.05) is 12.1 Å². The maximum Gasteiger partial charge on any atom is 0.253 e. The van der Waals surface area contributed by atoms with Gasteiger partial charge in [0.25, 0.3) is 5.91 Å². The van der Waals surface area contributed by atoms with Gasteiger partial charge in [0.2, 0.25) is 5.95 Å². The first-order valence-electron chi connectivity index (χ1n) is 8.88. The number of likely N-dealkylation sites (N-methyl/N-ethyl adjacent to an activating group) is 1. The molecule has 0 radical (unpaired) electrons. The van der Waals surface area contributed by atoms with E-state index in [2.05, 4.69) is 20.3 Å². The summed E-state index contributed by atoms with van der Waals surface area (Å²) in [6.07, 6.45) is 5.30. The quantitative estimate of drug-likeness (QED) is 0.534. The molecule has 0 bridgehead atoms. The molecule has 1 aromatic carbocycles. The van der Waals surface area contributed by atoms with Crippen LogP contribution in [0, 0.1) is 0 Å². The van der Waals surface area contributed by atoms with Crippen molar-refractivity contribution in [1.82, 2.24) is 24.4 Å². The molecule has 1 amide bonds. The van der Waals surface area contributed by atoms with Crippen molar-refractivity contribution in [2.24, 2.45) is 0 Å². The molecule has 3 aromatic rings. The van der Waals surface area contributed by atoms with Crippen molar-refractivity contribution in [2.75, 3.05) is 37.8 Å². The molecule has 0 aliphatic carbocycles.